The van der Waals surface area contributed by atoms with Gasteiger partial charge in [-0.1, -0.05) is 12.1 Å². The number of benzene rings is 1. The van der Waals surface area contributed by atoms with E-state index in [0.29, 0.717) is 6.04 Å². The molecule has 0 spiro atoms. The zero-order valence-electron chi connectivity index (χ0n) is 10.4. The van der Waals surface area contributed by atoms with Crippen molar-refractivity contribution in [2.24, 2.45) is 0 Å². The molecule has 0 saturated heterocycles. The Morgan fingerprint density at radius 3 is 2.50 bits per heavy atom. The van der Waals surface area contributed by atoms with E-state index >= 15 is 0 Å². The molecule has 0 radical (unpaired) electrons. The average molecular weight is 222 g/mol. The maximum atomic E-state index is 5.64. The van der Waals surface area contributed by atoms with Crippen molar-refractivity contribution in [2.45, 2.75) is 19.4 Å². The number of hydrogen-bond donors (Lipinski definition) is 1. The van der Waals surface area contributed by atoms with Crippen LogP contribution in [0.15, 0.2) is 24.3 Å². The molecule has 2 N–H and O–H groups in total. The lowest BCUT2D eigenvalue weighted by Crippen LogP contribution is -2.34. The number of nitrogen functional groups attached to an aromatic ring is 1. The van der Waals surface area contributed by atoms with Crippen LogP contribution in [0.25, 0.3) is 0 Å². The summed E-state index contributed by atoms with van der Waals surface area (Å²) in [7, 11) is 3.87. The lowest BCUT2D eigenvalue weighted by atomic mass is 10.1. The lowest BCUT2D eigenvalue weighted by molar-refractivity contribution is 0.116. The minimum atomic E-state index is 0.457. The van der Waals surface area contributed by atoms with Crippen molar-refractivity contribution < 1.29 is 4.74 Å². The van der Waals surface area contributed by atoms with Crippen LogP contribution in [0.1, 0.15) is 12.5 Å². The molecule has 1 atom stereocenters. The van der Waals surface area contributed by atoms with E-state index in [1.807, 2.05) is 12.1 Å². The molecule has 1 aromatic carbocycles. The van der Waals surface area contributed by atoms with Crippen molar-refractivity contribution in [3.05, 3.63) is 29.8 Å². The molecule has 1 unspecified atom stereocenters. The summed E-state index contributed by atoms with van der Waals surface area (Å²) in [5.41, 5.74) is 7.79. The van der Waals surface area contributed by atoms with E-state index in [2.05, 4.69) is 31.0 Å². The fourth-order valence-corrected chi connectivity index (χ4v) is 1.58. The average Bonchev–Trinajstić information content (AvgIpc) is 2.28. The Morgan fingerprint density at radius 1 is 1.31 bits per heavy atom. The first kappa shape index (κ1) is 13.0. The van der Waals surface area contributed by atoms with Crippen LogP contribution in [0.5, 0.6) is 0 Å². The molecule has 90 valence electrons. The van der Waals surface area contributed by atoms with Gasteiger partial charge in [-0.2, -0.15) is 0 Å². The summed E-state index contributed by atoms with van der Waals surface area (Å²) in [6.07, 6.45) is 1.05. The highest BCUT2D eigenvalue weighted by Gasteiger charge is 2.07. The topological polar surface area (TPSA) is 38.5 Å². The highest BCUT2D eigenvalue weighted by molar-refractivity contribution is 5.39. The van der Waals surface area contributed by atoms with Gasteiger partial charge in [-0.05, 0) is 38.1 Å². The SMILES string of the molecule is COCC(C)N(C)CCc1ccc(N)cc1. The Balaban J connectivity index is 2.36. The van der Waals surface area contributed by atoms with E-state index < -0.39 is 0 Å². The van der Waals surface area contributed by atoms with Gasteiger partial charge in [0.25, 0.3) is 0 Å². The van der Waals surface area contributed by atoms with E-state index in [9.17, 15) is 0 Å². The van der Waals surface area contributed by atoms with Crippen LogP contribution in [-0.2, 0) is 11.2 Å². The van der Waals surface area contributed by atoms with Gasteiger partial charge in [0.2, 0.25) is 0 Å². The molecule has 0 aliphatic rings. The highest BCUT2D eigenvalue weighted by Crippen LogP contribution is 2.07. The largest absolute Gasteiger partial charge is 0.399 e. The summed E-state index contributed by atoms with van der Waals surface area (Å²) in [5.74, 6) is 0. The van der Waals surface area contributed by atoms with Crippen LogP contribution in [0.4, 0.5) is 5.69 Å². The first-order valence-electron chi connectivity index (χ1n) is 5.67. The van der Waals surface area contributed by atoms with E-state index in [1.54, 1.807) is 7.11 Å². The maximum Gasteiger partial charge on any atom is 0.0615 e. The Morgan fingerprint density at radius 2 is 1.94 bits per heavy atom. The minimum absolute atomic E-state index is 0.457. The molecule has 0 fully saturated rings. The van der Waals surface area contributed by atoms with Gasteiger partial charge < -0.3 is 15.4 Å². The van der Waals surface area contributed by atoms with Gasteiger partial charge in [0.1, 0.15) is 0 Å². The van der Waals surface area contributed by atoms with Crippen LogP contribution in [0, 0.1) is 0 Å². The molecule has 0 aromatic heterocycles. The number of hydrogen-bond acceptors (Lipinski definition) is 3. The number of nitrogens with two attached hydrogens (primary N) is 1. The van der Waals surface area contributed by atoms with Crippen molar-refractivity contribution in [3.63, 3.8) is 0 Å². The number of nitrogens with zero attached hydrogens (tertiary/aromatic N) is 1. The lowest BCUT2D eigenvalue weighted by Gasteiger charge is -2.23. The molecular formula is C13H22N2O. The van der Waals surface area contributed by atoms with E-state index in [1.165, 1.54) is 5.56 Å². The molecule has 0 amide bonds. The van der Waals surface area contributed by atoms with Crippen molar-refractivity contribution in [3.8, 4) is 0 Å². The summed E-state index contributed by atoms with van der Waals surface area (Å²) in [5, 5.41) is 0. The van der Waals surface area contributed by atoms with Crippen LogP contribution in [0.2, 0.25) is 0 Å². The summed E-state index contributed by atoms with van der Waals surface area (Å²) >= 11 is 0. The molecule has 3 heteroatoms. The second-order valence-electron chi connectivity index (χ2n) is 4.28. The third-order valence-corrected chi connectivity index (χ3v) is 2.89. The van der Waals surface area contributed by atoms with Crippen molar-refractivity contribution in [1.82, 2.24) is 4.90 Å². The molecule has 0 heterocycles. The summed E-state index contributed by atoms with van der Waals surface area (Å²) in [6, 6.07) is 8.54. The quantitative estimate of drug-likeness (QED) is 0.746. The molecule has 1 aromatic rings. The number of ether oxygens (including phenoxy) is 1. The molecular weight excluding hydrogens is 200 g/mol. The molecule has 1 rings (SSSR count). The number of likely N-dealkylation sites (N-methyl/N-ethyl adjacent to an activating group) is 1. The van der Waals surface area contributed by atoms with Crippen LogP contribution in [-0.4, -0.2) is 38.3 Å². The fraction of sp³-hybridized carbons (Fsp3) is 0.538. The van der Waals surface area contributed by atoms with Gasteiger partial charge in [0.05, 0.1) is 6.61 Å². The Hall–Kier alpha value is -1.06. The van der Waals surface area contributed by atoms with Crippen molar-refractivity contribution in [1.29, 1.82) is 0 Å². The van der Waals surface area contributed by atoms with E-state index in [4.69, 9.17) is 10.5 Å². The summed E-state index contributed by atoms with van der Waals surface area (Å²) < 4.78 is 5.13. The van der Waals surface area contributed by atoms with Crippen LogP contribution >= 0.6 is 0 Å². The monoisotopic (exact) mass is 222 g/mol. The molecule has 0 bridgehead atoms. The predicted molar refractivity (Wildman–Crippen MR) is 68.5 cm³/mol. The molecule has 0 aliphatic carbocycles. The first-order valence-corrected chi connectivity index (χ1v) is 5.67. The number of rotatable bonds is 6. The maximum absolute atomic E-state index is 5.64. The van der Waals surface area contributed by atoms with Gasteiger partial charge in [0.15, 0.2) is 0 Å². The van der Waals surface area contributed by atoms with Crippen molar-refractivity contribution >= 4 is 5.69 Å². The Bertz CT molecular complexity index is 297. The normalized spacial score (nSPS) is 13.0. The number of anilines is 1. The number of methoxy groups -OCH3 is 1. The molecule has 3 nitrogen and oxygen atoms in total. The molecule has 0 saturated carbocycles. The summed E-state index contributed by atoms with van der Waals surface area (Å²) in [6.45, 7) is 3.99. The van der Waals surface area contributed by atoms with Gasteiger partial charge >= 0.3 is 0 Å². The van der Waals surface area contributed by atoms with E-state index in [-0.39, 0.29) is 0 Å². The summed E-state index contributed by atoms with van der Waals surface area (Å²) in [4.78, 5) is 2.31. The van der Waals surface area contributed by atoms with Gasteiger partial charge in [0, 0.05) is 25.4 Å². The van der Waals surface area contributed by atoms with Gasteiger partial charge in [-0.3, -0.25) is 0 Å². The fourth-order valence-electron chi connectivity index (χ4n) is 1.58. The molecule has 16 heavy (non-hydrogen) atoms. The predicted octanol–water partition coefficient (Wildman–Crippen LogP) is 1.78. The minimum Gasteiger partial charge on any atom is -0.399 e. The third kappa shape index (κ3) is 4.21. The molecule has 0 aliphatic heterocycles. The Kier molecular flexibility index (Phi) is 5.29. The smallest absolute Gasteiger partial charge is 0.0615 e. The first-order chi connectivity index (χ1) is 7.63. The van der Waals surface area contributed by atoms with Crippen LogP contribution in [0.3, 0.4) is 0 Å². The van der Waals surface area contributed by atoms with E-state index in [0.717, 1.165) is 25.3 Å². The van der Waals surface area contributed by atoms with Gasteiger partial charge in [-0.25, -0.2) is 0 Å². The Labute approximate surface area is 98.2 Å². The zero-order chi connectivity index (χ0) is 12.0. The zero-order valence-corrected chi connectivity index (χ0v) is 10.4. The highest BCUT2D eigenvalue weighted by atomic mass is 16.5. The standard InChI is InChI=1S/C13H22N2O/c1-11(10-16-3)15(2)9-8-12-4-6-13(14)7-5-12/h4-7,11H,8-10,14H2,1-3H3. The second-order valence-corrected chi connectivity index (χ2v) is 4.28. The van der Waals surface area contributed by atoms with Gasteiger partial charge in [-0.15, -0.1) is 0 Å². The van der Waals surface area contributed by atoms with Crippen LogP contribution < -0.4 is 5.73 Å². The third-order valence-electron chi connectivity index (χ3n) is 2.89. The second kappa shape index (κ2) is 6.51. The van der Waals surface area contributed by atoms with Crippen molar-refractivity contribution in [2.75, 3.05) is 33.0 Å².